The molecule has 2 aliphatic heterocycles. The molecule has 2 unspecified atom stereocenters. The van der Waals surface area contributed by atoms with Gasteiger partial charge in [0.25, 0.3) is 5.91 Å². The van der Waals surface area contributed by atoms with E-state index in [1.807, 2.05) is 25.7 Å². The van der Waals surface area contributed by atoms with Crippen LogP contribution in [-0.4, -0.2) is 58.0 Å². The summed E-state index contributed by atoms with van der Waals surface area (Å²) in [7, 11) is -1.38. The van der Waals surface area contributed by atoms with Gasteiger partial charge in [-0.2, -0.15) is 0 Å². The molecule has 0 saturated carbocycles. The quantitative estimate of drug-likeness (QED) is 0.462. The van der Waals surface area contributed by atoms with E-state index in [1.54, 1.807) is 32.1 Å². The number of hydrogen-bond donors (Lipinski definition) is 1. The lowest BCUT2D eigenvalue weighted by Gasteiger charge is -2.39. The van der Waals surface area contributed by atoms with Gasteiger partial charge in [-0.15, -0.1) is 0 Å². The molecule has 1 amide bonds. The average Bonchev–Trinajstić information content (AvgIpc) is 3.16. The van der Waals surface area contributed by atoms with Crippen molar-refractivity contribution in [2.24, 2.45) is 5.92 Å². The molecule has 0 bridgehead atoms. The van der Waals surface area contributed by atoms with Crippen LogP contribution in [0.4, 0.5) is 0 Å². The standard InChI is InChI=1S/C25H36Cl2N2O5S/c1-7-11-32-20-13-19(27)18(26)12-17(20)22(28-35(31)24(2,3)4)16-9-8-10-29(14-16)23(30)21-15-33-25(5,6)34-21/h7,12-13,16,21-22,28H,1,8-11,14-15H2,2-6H3/t16-,21-,22?,35?/m1/s1. The Bertz CT molecular complexity index is 966. The van der Waals surface area contributed by atoms with E-state index in [0.29, 0.717) is 28.9 Å². The maximum absolute atomic E-state index is 13.2. The number of piperidine rings is 1. The van der Waals surface area contributed by atoms with Crippen LogP contribution >= 0.6 is 23.2 Å². The van der Waals surface area contributed by atoms with Crippen LogP contribution in [0, 0.1) is 5.92 Å². The molecule has 0 aliphatic carbocycles. The van der Waals surface area contributed by atoms with Crippen molar-refractivity contribution in [3.63, 3.8) is 0 Å². The van der Waals surface area contributed by atoms with Gasteiger partial charge in [-0.1, -0.05) is 35.9 Å². The Labute approximate surface area is 221 Å². The Morgan fingerprint density at radius 2 is 2.06 bits per heavy atom. The molecule has 4 atom stereocenters. The average molecular weight is 548 g/mol. The molecule has 10 heteroatoms. The van der Waals surface area contributed by atoms with Gasteiger partial charge in [0.15, 0.2) is 11.9 Å². The van der Waals surface area contributed by atoms with Gasteiger partial charge in [-0.3, -0.25) is 4.79 Å². The third kappa shape index (κ3) is 7.21. The number of likely N-dealkylation sites (tertiary alicyclic amines) is 1. The van der Waals surface area contributed by atoms with Crippen LogP contribution in [-0.2, 0) is 25.3 Å². The summed E-state index contributed by atoms with van der Waals surface area (Å²) in [6.07, 6.45) is 2.65. The Balaban J connectivity index is 1.93. The SMILES string of the molecule is C=CCOc1cc(Cl)c(Cl)cc1C(NS(=O)C(C)(C)C)[C@@H]1CCCN(C(=O)[C@H]2COC(C)(C)O2)C1. The fourth-order valence-corrected chi connectivity index (χ4v) is 5.49. The normalized spacial score (nSPS) is 24.1. The Kier molecular flexibility index (Phi) is 9.32. The number of halogens is 2. The van der Waals surface area contributed by atoms with Gasteiger partial charge in [0.1, 0.15) is 12.4 Å². The number of carbonyl (C=O) groups is 1. The number of rotatable bonds is 8. The van der Waals surface area contributed by atoms with Crippen LogP contribution < -0.4 is 9.46 Å². The summed E-state index contributed by atoms with van der Waals surface area (Å²) in [5.74, 6) is -0.368. The summed E-state index contributed by atoms with van der Waals surface area (Å²) in [5.41, 5.74) is 0.750. The highest BCUT2D eigenvalue weighted by Crippen LogP contribution is 2.40. The summed E-state index contributed by atoms with van der Waals surface area (Å²) >= 11 is 12.7. The Hall–Kier alpha value is -1.16. The predicted octanol–water partition coefficient (Wildman–Crippen LogP) is 5.04. The van der Waals surface area contributed by atoms with Crippen LogP contribution in [0.25, 0.3) is 0 Å². The van der Waals surface area contributed by atoms with Crippen LogP contribution in [0.3, 0.4) is 0 Å². The number of amides is 1. The third-order valence-electron chi connectivity index (χ3n) is 6.06. The predicted molar refractivity (Wildman–Crippen MR) is 140 cm³/mol. The van der Waals surface area contributed by atoms with Crippen molar-refractivity contribution in [1.82, 2.24) is 9.62 Å². The summed E-state index contributed by atoms with van der Waals surface area (Å²) < 4.78 is 33.4. The van der Waals surface area contributed by atoms with Crippen molar-refractivity contribution in [3.8, 4) is 5.75 Å². The summed E-state index contributed by atoms with van der Waals surface area (Å²) in [6.45, 7) is 14.7. The monoisotopic (exact) mass is 546 g/mol. The topological polar surface area (TPSA) is 77.1 Å². The molecular formula is C25H36Cl2N2O5S. The molecule has 0 radical (unpaired) electrons. The molecule has 7 nitrogen and oxygen atoms in total. The van der Waals surface area contributed by atoms with E-state index < -0.39 is 33.7 Å². The lowest BCUT2D eigenvalue weighted by atomic mass is 9.86. The third-order valence-corrected chi connectivity index (χ3v) is 8.36. The summed E-state index contributed by atoms with van der Waals surface area (Å²) in [4.78, 5) is 15.1. The van der Waals surface area contributed by atoms with E-state index in [-0.39, 0.29) is 25.0 Å². The summed E-state index contributed by atoms with van der Waals surface area (Å²) in [6, 6.07) is 3.05. The van der Waals surface area contributed by atoms with Crippen LogP contribution in [0.5, 0.6) is 5.75 Å². The highest BCUT2D eigenvalue weighted by Gasteiger charge is 2.41. The number of nitrogens with one attached hydrogen (secondary N) is 1. The minimum atomic E-state index is -1.38. The first-order chi connectivity index (χ1) is 16.3. The minimum absolute atomic E-state index is 0.0438. The van der Waals surface area contributed by atoms with Crippen LogP contribution in [0.1, 0.15) is 59.1 Å². The smallest absolute Gasteiger partial charge is 0.254 e. The van der Waals surface area contributed by atoms with E-state index in [0.717, 1.165) is 18.4 Å². The first-order valence-electron chi connectivity index (χ1n) is 11.8. The van der Waals surface area contributed by atoms with Crippen molar-refractivity contribution < 1.29 is 23.2 Å². The van der Waals surface area contributed by atoms with Gasteiger partial charge >= 0.3 is 0 Å². The second kappa shape index (κ2) is 11.5. The molecule has 2 aliphatic rings. The van der Waals surface area contributed by atoms with E-state index >= 15 is 0 Å². The zero-order chi connectivity index (χ0) is 26.0. The fourth-order valence-electron chi connectivity index (χ4n) is 4.26. The molecule has 3 rings (SSSR count). The second-order valence-electron chi connectivity index (χ2n) is 10.4. The molecule has 2 saturated heterocycles. The van der Waals surface area contributed by atoms with E-state index in [2.05, 4.69) is 11.3 Å². The lowest BCUT2D eigenvalue weighted by molar-refractivity contribution is -0.161. The first kappa shape index (κ1) is 28.4. The molecule has 196 valence electrons. The Morgan fingerprint density at radius 3 is 2.66 bits per heavy atom. The zero-order valence-electron chi connectivity index (χ0n) is 21.1. The highest BCUT2D eigenvalue weighted by atomic mass is 35.5. The molecule has 1 aromatic carbocycles. The van der Waals surface area contributed by atoms with Gasteiger partial charge in [0.2, 0.25) is 0 Å². The van der Waals surface area contributed by atoms with Gasteiger partial charge in [0.05, 0.1) is 38.4 Å². The molecule has 1 aromatic rings. The maximum Gasteiger partial charge on any atom is 0.254 e. The molecule has 2 fully saturated rings. The number of nitrogens with zero attached hydrogens (tertiary/aromatic N) is 1. The van der Waals surface area contributed by atoms with Crippen molar-refractivity contribution in [2.45, 2.75) is 70.1 Å². The fraction of sp³-hybridized carbons (Fsp3) is 0.640. The van der Waals surface area contributed by atoms with E-state index in [9.17, 15) is 9.00 Å². The molecule has 35 heavy (non-hydrogen) atoms. The molecule has 2 heterocycles. The number of carbonyl (C=O) groups excluding carboxylic acids is 1. The summed E-state index contributed by atoms with van der Waals surface area (Å²) in [5, 5.41) is 0.745. The lowest BCUT2D eigenvalue weighted by Crippen LogP contribution is -2.49. The number of ether oxygens (including phenoxy) is 3. The zero-order valence-corrected chi connectivity index (χ0v) is 23.4. The molecular weight excluding hydrogens is 511 g/mol. The maximum atomic E-state index is 13.2. The number of hydrogen-bond acceptors (Lipinski definition) is 5. The van der Waals surface area contributed by atoms with E-state index in [4.69, 9.17) is 37.4 Å². The second-order valence-corrected chi connectivity index (χ2v) is 13.2. The van der Waals surface area contributed by atoms with Crippen molar-refractivity contribution in [1.29, 1.82) is 0 Å². The van der Waals surface area contributed by atoms with Crippen LogP contribution in [0.2, 0.25) is 10.0 Å². The first-order valence-corrected chi connectivity index (χ1v) is 13.7. The largest absolute Gasteiger partial charge is 0.489 e. The molecule has 0 spiro atoms. The number of benzene rings is 1. The molecule has 1 N–H and O–H groups in total. The van der Waals surface area contributed by atoms with Gasteiger partial charge < -0.3 is 19.1 Å². The van der Waals surface area contributed by atoms with Crippen LogP contribution in [0.15, 0.2) is 24.8 Å². The highest BCUT2D eigenvalue weighted by molar-refractivity contribution is 7.84. The van der Waals surface area contributed by atoms with Crippen molar-refractivity contribution in [3.05, 3.63) is 40.4 Å². The van der Waals surface area contributed by atoms with Gasteiger partial charge in [-0.05, 0) is 59.4 Å². The van der Waals surface area contributed by atoms with Gasteiger partial charge in [-0.25, -0.2) is 8.93 Å². The minimum Gasteiger partial charge on any atom is -0.489 e. The van der Waals surface area contributed by atoms with Gasteiger partial charge in [0, 0.05) is 24.7 Å². The molecule has 0 aromatic heterocycles. The van der Waals surface area contributed by atoms with Crippen molar-refractivity contribution >= 4 is 40.1 Å². The van der Waals surface area contributed by atoms with Crippen molar-refractivity contribution in [2.75, 3.05) is 26.3 Å². The Morgan fingerprint density at radius 1 is 1.37 bits per heavy atom. The van der Waals surface area contributed by atoms with E-state index in [1.165, 1.54) is 0 Å².